The molecule has 0 aliphatic rings. The van der Waals surface area contributed by atoms with E-state index in [4.69, 9.17) is 4.74 Å². The highest BCUT2D eigenvalue weighted by atomic mass is 32.1. The first-order valence-electron chi connectivity index (χ1n) is 7.26. The van der Waals surface area contributed by atoms with E-state index in [1.807, 2.05) is 6.92 Å². The Hall–Kier alpha value is -2.08. The Morgan fingerprint density at radius 3 is 2.68 bits per heavy atom. The molecular weight excluding hydrogens is 298 g/mol. The minimum Gasteiger partial charge on any atom is -0.497 e. The minimum absolute atomic E-state index is 0.227. The average Bonchev–Trinajstić information content (AvgIpc) is 2.86. The number of anilines is 1. The molecule has 2 N–H and O–H groups in total. The summed E-state index contributed by atoms with van der Waals surface area (Å²) in [6.45, 7) is 4.61. The number of amides is 2. The summed E-state index contributed by atoms with van der Waals surface area (Å²) in [6.07, 6.45) is 2.07. The van der Waals surface area contributed by atoms with Crippen molar-refractivity contribution in [1.82, 2.24) is 10.3 Å². The zero-order valence-corrected chi connectivity index (χ0v) is 13.9. The summed E-state index contributed by atoms with van der Waals surface area (Å²) in [5.41, 5.74) is 1.73. The Morgan fingerprint density at radius 1 is 1.32 bits per heavy atom. The van der Waals surface area contributed by atoms with Gasteiger partial charge in [0, 0.05) is 10.6 Å². The quantitative estimate of drug-likeness (QED) is 0.852. The molecule has 0 aliphatic heterocycles. The zero-order valence-electron chi connectivity index (χ0n) is 13.1. The van der Waals surface area contributed by atoms with Crippen LogP contribution in [0.25, 0.3) is 0 Å². The lowest BCUT2D eigenvalue weighted by Crippen LogP contribution is -2.28. The van der Waals surface area contributed by atoms with Gasteiger partial charge in [0.15, 0.2) is 0 Å². The maximum absolute atomic E-state index is 11.9. The van der Waals surface area contributed by atoms with Gasteiger partial charge in [0.25, 0.3) is 0 Å². The van der Waals surface area contributed by atoms with Crippen molar-refractivity contribution < 1.29 is 9.53 Å². The van der Waals surface area contributed by atoms with Crippen LogP contribution >= 0.6 is 11.3 Å². The number of hydrogen-bond acceptors (Lipinski definition) is 4. The van der Waals surface area contributed by atoms with Gasteiger partial charge in [0.05, 0.1) is 24.4 Å². The number of nitrogens with one attached hydrogen (secondary N) is 2. The summed E-state index contributed by atoms with van der Waals surface area (Å²) in [5, 5.41) is 6.79. The fourth-order valence-electron chi connectivity index (χ4n) is 1.98. The van der Waals surface area contributed by atoms with Crippen molar-refractivity contribution in [2.75, 3.05) is 12.4 Å². The Kier molecular flexibility index (Phi) is 5.77. The van der Waals surface area contributed by atoms with E-state index in [1.165, 1.54) is 0 Å². The van der Waals surface area contributed by atoms with E-state index in [2.05, 4.69) is 22.5 Å². The molecule has 0 fully saturated rings. The molecule has 2 amide bonds. The number of urea groups is 1. The van der Waals surface area contributed by atoms with Crippen molar-refractivity contribution in [2.45, 2.75) is 33.2 Å². The molecule has 6 heteroatoms. The van der Waals surface area contributed by atoms with Crippen LogP contribution in [0, 0.1) is 6.92 Å². The SMILES string of the molecule is CCCc1nc(C)c(CNC(=O)Nc2ccc(OC)cc2)s1. The summed E-state index contributed by atoms with van der Waals surface area (Å²) in [5.74, 6) is 0.759. The Morgan fingerprint density at radius 2 is 2.05 bits per heavy atom. The van der Waals surface area contributed by atoms with E-state index in [0.717, 1.165) is 39.9 Å². The molecule has 0 saturated heterocycles. The lowest BCUT2D eigenvalue weighted by Gasteiger charge is -2.07. The second kappa shape index (κ2) is 7.79. The van der Waals surface area contributed by atoms with Gasteiger partial charge in [-0.2, -0.15) is 0 Å². The maximum atomic E-state index is 11.9. The third kappa shape index (κ3) is 4.46. The van der Waals surface area contributed by atoms with Crippen LogP contribution in [0.4, 0.5) is 10.5 Å². The number of ether oxygens (including phenoxy) is 1. The van der Waals surface area contributed by atoms with Crippen LogP contribution in [0.5, 0.6) is 5.75 Å². The summed E-state index contributed by atoms with van der Waals surface area (Å²) in [6, 6.07) is 6.99. The number of carbonyl (C=O) groups is 1. The van der Waals surface area contributed by atoms with E-state index in [9.17, 15) is 4.79 Å². The van der Waals surface area contributed by atoms with Crippen LogP contribution in [0.3, 0.4) is 0 Å². The Bertz CT molecular complexity index is 623. The summed E-state index contributed by atoms with van der Waals surface area (Å²) in [7, 11) is 1.61. The molecule has 0 radical (unpaired) electrons. The van der Waals surface area contributed by atoms with Crippen LogP contribution in [0.2, 0.25) is 0 Å². The van der Waals surface area contributed by atoms with Crippen molar-refractivity contribution in [3.05, 3.63) is 39.8 Å². The fraction of sp³-hybridized carbons (Fsp3) is 0.375. The third-order valence-electron chi connectivity index (χ3n) is 3.16. The predicted molar refractivity (Wildman–Crippen MR) is 89.7 cm³/mol. The lowest BCUT2D eigenvalue weighted by molar-refractivity contribution is 0.252. The molecule has 0 saturated carbocycles. The zero-order chi connectivity index (χ0) is 15.9. The van der Waals surface area contributed by atoms with Crippen LogP contribution < -0.4 is 15.4 Å². The Balaban J connectivity index is 1.86. The highest BCUT2D eigenvalue weighted by molar-refractivity contribution is 7.11. The van der Waals surface area contributed by atoms with Crippen LogP contribution in [0.15, 0.2) is 24.3 Å². The lowest BCUT2D eigenvalue weighted by atomic mass is 10.3. The van der Waals surface area contributed by atoms with E-state index >= 15 is 0 Å². The largest absolute Gasteiger partial charge is 0.497 e. The second-order valence-corrected chi connectivity index (χ2v) is 6.07. The van der Waals surface area contributed by atoms with Gasteiger partial charge in [-0.3, -0.25) is 0 Å². The average molecular weight is 319 g/mol. The number of carbonyl (C=O) groups excluding carboxylic acids is 1. The first kappa shape index (κ1) is 16.3. The molecular formula is C16H21N3O2S. The smallest absolute Gasteiger partial charge is 0.319 e. The number of hydrogen-bond donors (Lipinski definition) is 2. The van der Waals surface area contributed by atoms with Gasteiger partial charge in [-0.15, -0.1) is 11.3 Å². The first-order chi connectivity index (χ1) is 10.6. The van der Waals surface area contributed by atoms with E-state index in [-0.39, 0.29) is 6.03 Å². The summed E-state index contributed by atoms with van der Waals surface area (Å²) >= 11 is 1.67. The van der Waals surface area contributed by atoms with Gasteiger partial charge in [0.1, 0.15) is 5.75 Å². The molecule has 0 aliphatic carbocycles. The molecule has 5 nitrogen and oxygen atoms in total. The standard InChI is InChI=1S/C16H21N3O2S/c1-4-5-15-18-11(2)14(22-15)10-17-16(20)19-12-6-8-13(21-3)9-7-12/h6-9H,4-5,10H2,1-3H3,(H2,17,19,20). The molecule has 118 valence electrons. The molecule has 0 unspecified atom stereocenters. The number of thiazole rings is 1. The van der Waals surface area contributed by atoms with Crippen molar-refractivity contribution >= 4 is 23.1 Å². The predicted octanol–water partition coefficient (Wildman–Crippen LogP) is 3.73. The molecule has 2 rings (SSSR count). The molecule has 22 heavy (non-hydrogen) atoms. The first-order valence-corrected chi connectivity index (χ1v) is 8.08. The molecule has 2 aromatic rings. The number of methoxy groups -OCH3 is 1. The highest BCUT2D eigenvalue weighted by Gasteiger charge is 2.08. The van der Waals surface area contributed by atoms with Crippen molar-refractivity contribution in [2.24, 2.45) is 0 Å². The fourth-order valence-corrected chi connectivity index (χ4v) is 3.09. The Labute approximate surface area is 134 Å². The number of nitrogens with zero attached hydrogens (tertiary/aromatic N) is 1. The maximum Gasteiger partial charge on any atom is 0.319 e. The van der Waals surface area contributed by atoms with Crippen LogP contribution in [0.1, 0.15) is 28.9 Å². The molecule has 0 spiro atoms. The monoisotopic (exact) mass is 319 g/mol. The van der Waals surface area contributed by atoms with E-state index in [1.54, 1.807) is 42.7 Å². The molecule has 1 aromatic heterocycles. The van der Waals surface area contributed by atoms with Crippen molar-refractivity contribution in [1.29, 1.82) is 0 Å². The minimum atomic E-state index is -0.227. The highest BCUT2D eigenvalue weighted by Crippen LogP contribution is 2.19. The van der Waals surface area contributed by atoms with Gasteiger partial charge < -0.3 is 15.4 Å². The van der Waals surface area contributed by atoms with Gasteiger partial charge in [-0.05, 0) is 44.0 Å². The van der Waals surface area contributed by atoms with Gasteiger partial charge in [-0.1, -0.05) is 6.92 Å². The van der Waals surface area contributed by atoms with E-state index in [0.29, 0.717) is 6.54 Å². The molecule has 1 heterocycles. The van der Waals surface area contributed by atoms with E-state index < -0.39 is 0 Å². The number of aryl methyl sites for hydroxylation is 2. The third-order valence-corrected chi connectivity index (χ3v) is 4.38. The van der Waals surface area contributed by atoms with Gasteiger partial charge >= 0.3 is 6.03 Å². The number of aromatic nitrogens is 1. The van der Waals surface area contributed by atoms with Crippen LogP contribution in [-0.4, -0.2) is 18.1 Å². The number of rotatable bonds is 6. The normalized spacial score (nSPS) is 10.3. The summed E-state index contributed by atoms with van der Waals surface area (Å²) in [4.78, 5) is 17.5. The topological polar surface area (TPSA) is 63.2 Å². The molecule has 0 atom stereocenters. The van der Waals surface area contributed by atoms with Gasteiger partial charge in [-0.25, -0.2) is 9.78 Å². The summed E-state index contributed by atoms with van der Waals surface area (Å²) < 4.78 is 5.08. The van der Waals surface area contributed by atoms with Crippen molar-refractivity contribution in [3.63, 3.8) is 0 Å². The second-order valence-electron chi connectivity index (χ2n) is 4.90. The number of benzene rings is 1. The van der Waals surface area contributed by atoms with Crippen molar-refractivity contribution in [3.8, 4) is 5.75 Å². The molecule has 1 aromatic carbocycles. The van der Waals surface area contributed by atoms with Crippen LogP contribution in [-0.2, 0) is 13.0 Å². The van der Waals surface area contributed by atoms with Gasteiger partial charge in [0.2, 0.25) is 0 Å². The molecule has 0 bridgehead atoms.